The molecule has 3 heterocycles. The first-order valence-corrected chi connectivity index (χ1v) is 12.6. The van der Waals surface area contributed by atoms with Crippen LogP contribution in [0.5, 0.6) is 0 Å². The third kappa shape index (κ3) is 4.44. The number of hydrogen-bond acceptors (Lipinski definition) is 6. The number of sulfonamides is 1. The number of hydrogen-bond donors (Lipinski definition) is 0. The van der Waals surface area contributed by atoms with Crippen LogP contribution in [-0.2, 0) is 32.3 Å². The Hall–Kier alpha value is -3.44. The molecule has 3 aromatic rings. The Morgan fingerprint density at radius 3 is 2.42 bits per heavy atom. The molecule has 0 atom stereocenters. The van der Waals surface area contributed by atoms with Crippen molar-refractivity contribution in [1.29, 1.82) is 0 Å². The van der Waals surface area contributed by atoms with Gasteiger partial charge in [0.2, 0.25) is 0 Å². The van der Waals surface area contributed by atoms with E-state index in [4.69, 9.17) is 11.6 Å². The molecular weight excluding hydrogens is 519 g/mol. The van der Waals surface area contributed by atoms with Gasteiger partial charge in [0.1, 0.15) is 5.71 Å². The van der Waals surface area contributed by atoms with Crippen LogP contribution < -0.4 is 4.31 Å². The van der Waals surface area contributed by atoms with E-state index in [1.807, 2.05) is 0 Å². The summed E-state index contributed by atoms with van der Waals surface area (Å²) in [6, 6.07) is 12.0. The van der Waals surface area contributed by atoms with Crippen molar-refractivity contribution in [2.24, 2.45) is 5.16 Å². The van der Waals surface area contributed by atoms with Gasteiger partial charge in [0.25, 0.3) is 10.0 Å². The zero-order valence-electron chi connectivity index (χ0n) is 18.4. The number of nitrogens with zero attached hydrogens (tertiary/aromatic N) is 3. The van der Waals surface area contributed by atoms with Crippen LogP contribution in [0.25, 0.3) is 11.3 Å². The summed E-state index contributed by atoms with van der Waals surface area (Å²) in [5, 5.41) is 3.78. The Balaban J connectivity index is 1.45. The van der Waals surface area contributed by atoms with Gasteiger partial charge in [0.05, 0.1) is 39.0 Å². The number of carbonyl (C=O) groups excluding carboxylic acids is 1. The lowest BCUT2D eigenvalue weighted by Crippen LogP contribution is -2.36. The van der Waals surface area contributed by atoms with E-state index >= 15 is 0 Å². The van der Waals surface area contributed by atoms with Gasteiger partial charge in [-0.2, -0.15) is 13.2 Å². The van der Waals surface area contributed by atoms with Crippen molar-refractivity contribution in [2.45, 2.75) is 30.3 Å². The quantitative estimate of drug-likeness (QED) is 0.428. The molecule has 2 aliphatic heterocycles. The number of benzene rings is 2. The highest BCUT2D eigenvalue weighted by Gasteiger charge is 2.32. The molecule has 0 spiro atoms. The molecule has 2 aromatic carbocycles. The van der Waals surface area contributed by atoms with E-state index in [2.05, 4.69) is 15.0 Å². The van der Waals surface area contributed by atoms with Gasteiger partial charge in [-0.25, -0.2) is 13.2 Å². The van der Waals surface area contributed by atoms with Crippen LogP contribution in [0.2, 0.25) is 5.02 Å². The minimum Gasteiger partial charge on any atom is -0.318 e. The van der Waals surface area contributed by atoms with E-state index in [1.165, 1.54) is 34.6 Å². The summed E-state index contributed by atoms with van der Waals surface area (Å²) in [6.07, 6.45) is -3.47. The summed E-state index contributed by atoms with van der Waals surface area (Å²) >= 11 is 6.32. The number of pyridine rings is 1. The zero-order valence-corrected chi connectivity index (χ0v) is 20.0. The van der Waals surface area contributed by atoms with Crippen molar-refractivity contribution < 1.29 is 31.2 Å². The second-order valence-corrected chi connectivity index (χ2v) is 10.5. The van der Waals surface area contributed by atoms with Crippen LogP contribution in [0.4, 0.5) is 18.9 Å². The maximum Gasteiger partial charge on any atom is 0.416 e. The highest BCUT2D eigenvalue weighted by atomic mass is 35.5. The second kappa shape index (κ2) is 8.90. The summed E-state index contributed by atoms with van der Waals surface area (Å²) in [6.45, 7) is 0.227. The van der Waals surface area contributed by atoms with Gasteiger partial charge in [-0.15, -0.1) is 0 Å². The van der Waals surface area contributed by atoms with Crippen LogP contribution in [0.15, 0.2) is 64.6 Å². The van der Waals surface area contributed by atoms with E-state index < -0.39 is 27.7 Å². The molecule has 0 saturated heterocycles. The van der Waals surface area contributed by atoms with Gasteiger partial charge in [0, 0.05) is 17.7 Å². The number of carbonyl (C=O) groups is 1. The molecule has 0 amide bonds. The van der Waals surface area contributed by atoms with Crippen LogP contribution in [0.3, 0.4) is 0 Å². The van der Waals surface area contributed by atoms with Gasteiger partial charge in [0.15, 0.2) is 0 Å². The Morgan fingerprint density at radius 2 is 1.78 bits per heavy atom. The Kier molecular flexibility index (Phi) is 6.00. The Morgan fingerprint density at radius 1 is 1.03 bits per heavy atom. The lowest BCUT2D eigenvalue weighted by atomic mass is 10.1. The molecule has 0 fully saturated rings. The maximum atomic E-state index is 13.5. The molecule has 1 aromatic heterocycles. The van der Waals surface area contributed by atoms with Crippen LogP contribution in [-0.4, -0.2) is 31.6 Å². The van der Waals surface area contributed by atoms with Gasteiger partial charge in [-0.3, -0.25) is 9.29 Å². The summed E-state index contributed by atoms with van der Waals surface area (Å²) in [5.74, 6) is -0.522. The molecule has 0 saturated carbocycles. The molecular formula is C24H17ClF3N3O4S. The number of aromatic nitrogens is 1. The first kappa shape index (κ1) is 24.3. The summed E-state index contributed by atoms with van der Waals surface area (Å²) in [5.41, 5.74) is 1.83. The van der Waals surface area contributed by atoms with Crippen molar-refractivity contribution in [3.63, 3.8) is 0 Å². The highest BCUT2D eigenvalue weighted by Crippen LogP contribution is 2.35. The molecule has 0 radical (unpaired) electrons. The van der Waals surface area contributed by atoms with Crippen LogP contribution >= 0.6 is 11.6 Å². The molecule has 0 aliphatic carbocycles. The van der Waals surface area contributed by atoms with E-state index in [0.29, 0.717) is 46.8 Å². The number of anilines is 1. The van der Waals surface area contributed by atoms with Crippen molar-refractivity contribution >= 4 is 39.0 Å². The topological polar surface area (TPSA) is 88.9 Å². The predicted molar refractivity (Wildman–Crippen MR) is 126 cm³/mol. The number of fused-ring (bicyclic) bond motifs is 1. The monoisotopic (exact) mass is 535 g/mol. The predicted octanol–water partition coefficient (Wildman–Crippen LogP) is 5.21. The Bertz CT molecular complexity index is 1510. The van der Waals surface area contributed by atoms with Gasteiger partial charge in [-0.1, -0.05) is 35.0 Å². The number of oxime groups is 1. The first-order valence-electron chi connectivity index (χ1n) is 10.8. The summed E-state index contributed by atoms with van der Waals surface area (Å²) in [4.78, 5) is 20.4. The fourth-order valence-corrected chi connectivity index (χ4v) is 6.04. The van der Waals surface area contributed by atoms with E-state index in [1.54, 1.807) is 12.1 Å². The SMILES string of the molecule is O=C1CC(c2ccc(S(=O)(=O)N3CCCc4nc(-c5ccc(C(F)(F)F)cc5)ccc43)cc2Cl)=NO1. The lowest BCUT2D eigenvalue weighted by molar-refractivity contribution is -0.140. The number of alkyl halides is 3. The molecule has 0 unspecified atom stereocenters. The maximum absolute atomic E-state index is 13.5. The van der Waals surface area contributed by atoms with Gasteiger partial charge < -0.3 is 4.84 Å². The van der Waals surface area contributed by atoms with E-state index in [0.717, 1.165) is 12.1 Å². The summed E-state index contributed by atoms with van der Waals surface area (Å²) < 4.78 is 66.9. The average Bonchev–Trinajstić information content (AvgIpc) is 3.28. The molecule has 186 valence electrons. The standard InChI is InChI=1S/C24H17ClF3N3O4S/c25-18-12-16(7-8-17(18)21-13-23(32)35-30-21)36(33,34)31-11-1-2-20-22(31)10-9-19(29-20)14-3-5-15(6-4-14)24(26,27)28/h3-10,12H,1-2,11,13H2. The van der Waals surface area contributed by atoms with Gasteiger partial charge in [-0.05, 0) is 49.2 Å². The largest absolute Gasteiger partial charge is 0.416 e. The van der Waals surface area contributed by atoms with Crippen LogP contribution in [0.1, 0.15) is 29.7 Å². The number of rotatable bonds is 4. The zero-order chi connectivity index (χ0) is 25.7. The molecule has 5 rings (SSSR count). The molecule has 12 heteroatoms. The molecule has 2 aliphatic rings. The fraction of sp³-hybridized carbons (Fsp3) is 0.208. The molecule has 0 bridgehead atoms. The smallest absolute Gasteiger partial charge is 0.318 e. The van der Waals surface area contributed by atoms with Crippen LogP contribution in [0, 0.1) is 0 Å². The van der Waals surface area contributed by atoms with E-state index in [9.17, 15) is 26.4 Å². The molecule has 7 nitrogen and oxygen atoms in total. The van der Waals surface area contributed by atoms with Crippen molar-refractivity contribution in [2.75, 3.05) is 10.8 Å². The number of halogens is 4. The minimum absolute atomic E-state index is 0.0400. The molecule has 36 heavy (non-hydrogen) atoms. The van der Waals surface area contributed by atoms with Gasteiger partial charge >= 0.3 is 12.1 Å². The number of aryl methyl sites for hydroxylation is 1. The second-order valence-electron chi connectivity index (χ2n) is 8.24. The average molecular weight is 536 g/mol. The fourth-order valence-electron chi connectivity index (χ4n) is 4.13. The summed E-state index contributed by atoms with van der Waals surface area (Å²) in [7, 11) is -4.00. The normalized spacial score (nSPS) is 15.9. The Labute approximate surface area is 209 Å². The first-order chi connectivity index (χ1) is 17.0. The van der Waals surface area contributed by atoms with Crippen molar-refractivity contribution in [1.82, 2.24) is 4.98 Å². The third-order valence-corrected chi connectivity index (χ3v) is 8.03. The van der Waals surface area contributed by atoms with Crippen molar-refractivity contribution in [3.8, 4) is 11.3 Å². The van der Waals surface area contributed by atoms with Crippen molar-refractivity contribution in [3.05, 3.63) is 76.4 Å². The van der Waals surface area contributed by atoms with E-state index in [-0.39, 0.29) is 22.9 Å². The minimum atomic E-state index is -4.44. The third-order valence-electron chi connectivity index (χ3n) is 5.91. The molecule has 0 N–H and O–H groups in total. The lowest BCUT2D eigenvalue weighted by Gasteiger charge is -2.30. The highest BCUT2D eigenvalue weighted by molar-refractivity contribution is 7.92.